The summed E-state index contributed by atoms with van der Waals surface area (Å²) < 4.78 is 11.5. The molecule has 1 amide bonds. The Hall–Kier alpha value is -2.37. The molecule has 3 rings (SSSR count). The highest BCUT2D eigenvalue weighted by Gasteiger charge is 2.21. The maximum Gasteiger partial charge on any atom is 0.236 e. The van der Waals surface area contributed by atoms with Crippen LogP contribution in [-0.2, 0) is 22.6 Å². The van der Waals surface area contributed by atoms with E-state index in [9.17, 15) is 4.79 Å². The molecule has 0 aliphatic carbocycles. The number of benzene rings is 2. The van der Waals surface area contributed by atoms with Crippen molar-refractivity contribution >= 4 is 5.91 Å². The zero-order valence-corrected chi connectivity index (χ0v) is 17.5. The van der Waals surface area contributed by atoms with Gasteiger partial charge in [0.15, 0.2) is 0 Å². The molecule has 1 aliphatic heterocycles. The van der Waals surface area contributed by atoms with Gasteiger partial charge in [0.1, 0.15) is 12.4 Å². The van der Waals surface area contributed by atoms with Crippen molar-refractivity contribution in [1.29, 1.82) is 0 Å². The summed E-state index contributed by atoms with van der Waals surface area (Å²) in [6, 6.07) is 18.4. The van der Waals surface area contributed by atoms with Gasteiger partial charge >= 0.3 is 0 Å². The lowest BCUT2D eigenvalue weighted by Gasteiger charge is -2.26. The van der Waals surface area contributed by atoms with Crippen molar-refractivity contribution in [2.24, 2.45) is 5.92 Å². The molecule has 2 aromatic rings. The average Bonchev–Trinajstić information content (AvgIpc) is 3.24. The Labute approximate surface area is 174 Å². The third-order valence-corrected chi connectivity index (χ3v) is 5.26. The highest BCUT2D eigenvalue weighted by atomic mass is 16.5. The smallest absolute Gasteiger partial charge is 0.236 e. The van der Waals surface area contributed by atoms with Gasteiger partial charge in [0, 0.05) is 33.8 Å². The van der Waals surface area contributed by atoms with Gasteiger partial charge in [-0.2, -0.15) is 0 Å². The summed E-state index contributed by atoms with van der Waals surface area (Å²) in [4.78, 5) is 16.2. The first-order valence-electron chi connectivity index (χ1n) is 10.4. The molecule has 0 aromatic heterocycles. The lowest BCUT2D eigenvalue weighted by Crippen LogP contribution is -2.40. The maximum absolute atomic E-state index is 12.2. The van der Waals surface area contributed by atoms with Gasteiger partial charge in [-0.25, -0.2) is 0 Å². The van der Waals surface area contributed by atoms with Crippen molar-refractivity contribution in [1.82, 2.24) is 9.80 Å². The molecule has 1 unspecified atom stereocenters. The summed E-state index contributed by atoms with van der Waals surface area (Å²) in [5, 5.41) is 0. The third-order valence-electron chi connectivity index (χ3n) is 5.26. The predicted octanol–water partition coefficient (Wildman–Crippen LogP) is 3.23. The normalized spacial score (nSPS) is 16.2. The van der Waals surface area contributed by atoms with Crippen molar-refractivity contribution in [2.45, 2.75) is 19.4 Å². The van der Waals surface area contributed by atoms with E-state index in [1.807, 2.05) is 44.4 Å². The van der Waals surface area contributed by atoms with Crippen LogP contribution in [0.25, 0.3) is 0 Å². The Morgan fingerprint density at radius 1 is 1.10 bits per heavy atom. The van der Waals surface area contributed by atoms with Crippen molar-refractivity contribution in [3.63, 3.8) is 0 Å². The van der Waals surface area contributed by atoms with Gasteiger partial charge in [0.2, 0.25) is 5.91 Å². The third kappa shape index (κ3) is 7.18. The van der Waals surface area contributed by atoms with Crippen LogP contribution >= 0.6 is 0 Å². The Balaban J connectivity index is 1.55. The van der Waals surface area contributed by atoms with E-state index in [2.05, 4.69) is 29.2 Å². The Morgan fingerprint density at radius 3 is 2.62 bits per heavy atom. The largest absolute Gasteiger partial charge is 0.489 e. The molecule has 5 heteroatoms. The quantitative estimate of drug-likeness (QED) is 0.618. The topological polar surface area (TPSA) is 42.0 Å². The Bertz CT molecular complexity index is 758. The second-order valence-electron chi connectivity index (χ2n) is 7.92. The van der Waals surface area contributed by atoms with Gasteiger partial charge in [-0.3, -0.25) is 9.69 Å². The van der Waals surface area contributed by atoms with E-state index in [4.69, 9.17) is 9.47 Å². The molecule has 2 aromatic carbocycles. The number of carbonyl (C=O) groups is 1. The van der Waals surface area contributed by atoms with Gasteiger partial charge in [-0.05, 0) is 42.0 Å². The van der Waals surface area contributed by atoms with Gasteiger partial charge < -0.3 is 14.4 Å². The molecule has 156 valence electrons. The first-order valence-corrected chi connectivity index (χ1v) is 10.4. The molecule has 1 fully saturated rings. The number of hydrogen-bond acceptors (Lipinski definition) is 4. The standard InChI is InChI=1S/C24H32N2O3/c1-25(2)24(27)17-26(16-22-12-14-28-18-22)13-11-20-9-6-10-23(15-20)29-19-21-7-4-3-5-8-21/h3-10,15,22H,11-14,16-19H2,1-2H3. The van der Waals surface area contributed by atoms with Crippen LogP contribution in [0.2, 0.25) is 0 Å². The highest BCUT2D eigenvalue weighted by Crippen LogP contribution is 2.18. The molecular formula is C24H32N2O3. The van der Waals surface area contributed by atoms with Gasteiger partial charge in [-0.1, -0.05) is 42.5 Å². The fourth-order valence-corrected chi connectivity index (χ4v) is 3.48. The minimum atomic E-state index is 0.142. The molecule has 1 atom stereocenters. The minimum Gasteiger partial charge on any atom is -0.489 e. The number of ether oxygens (including phenoxy) is 2. The average molecular weight is 397 g/mol. The number of carbonyl (C=O) groups excluding carboxylic acids is 1. The molecule has 1 aliphatic rings. The summed E-state index contributed by atoms with van der Waals surface area (Å²) in [6.45, 7) is 4.40. The van der Waals surface area contributed by atoms with E-state index in [-0.39, 0.29) is 5.91 Å². The number of amides is 1. The molecule has 1 heterocycles. The van der Waals surface area contributed by atoms with Crippen molar-refractivity contribution in [3.05, 3.63) is 65.7 Å². The molecule has 0 radical (unpaired) electrons. The second kappa shape index (κ2) is 11.0. The molecular weight excluding hydrogens is 364 g/mol. The first-order chi connectivity index (χ1) is 14.1. The zero-order valence-electron chi connectivity index (χ0n) is 17.5. The lowest BCUT2D eigenvalue weighted by molar-refractivity contribution is -0.130. The predicted molar refractivity (Wildman–Crippen MR) is 115 cm³/mol. The highest BCUT2D eigenvalue weighted by molar-refractivity contribution is 5.77. The van der Waals surface area contributed by atoms with E-state index in [1.165, 1.54) is 5.56 Å². The fourth-order valence-electron chi connectivity index (χ4n) is 3.48. The SMILES string of the molecule is CN(C)C(=O)CN(CCc1cccc(OCc2ccccc2)c1)CC1CCOC1. The van der Waals surface area contributed by atoms with Crippen LogP contribution < -0.4 is 4.74 Å². The van der Waals surface area contributed by atoms with E-state index in [0.29, 0.717) is 19.1 Å². The fraction of sp³-hybridized carbons (Fsp3) is 0.458. The van der Waals surface area contributed by atoms with Crippen LogP contribution in [0, 0.1) is 5.92 Å². The molecule has 1 saturated heterocycles. The van der Waals surface area contributed by atoms with Crippen LogP contribution in [0.1, 0.15) is 17.5 Å². The van der Waals surface area contributed by atoms with E-state index < -0.39 is 0 Å². The summed E-state index contributed by atoms with van der Waals surface area (Å²) >= 11 is 0. The van der Waals surface area contributed by atoms with Crippen LogP contribution in [0.15, 0.2) is 54.6 Å². The maximum atomic E-state index is 12.2. The van der Waals surface area contributed by atoms with E-state index in [1.54, 1.807) is 4.90 Å². The van der Waals surface area contributed by atoms with Gasteiger partial charge in [0.05, 0.1) is 13.2 Å². The van der Waals surface area contributed by atoms with Gasteiger partial charge in [0.25, 0.3) is 0 Å². The molecule has 0 bridgehead atoms. The minimum absolute atomic E-state index is 0.142. The Morgan fingerprint density at radius 2 is 1.90 bits per heavy atom. The summed E-state index contributed by atoms with van der Waals surface area (Å²) in [7, 11) is 3.62. The van der Waals surface area contributed by atoms with E-state index in [0.717, 1.165) is 50.5 Å². The van der Waals surface area contributed by atoms with Crippen molar-refractivity contribution in [2.75, 3.05) is 46.9 Å². The van der Waals surface area contributed by atoms with Crippen molar-refractivity contribution in [3.8, 4) is 5.75 Å². The second-order valence-corrected chi connectivity index (χ2v) is 7.92. The molecule has 29 heavy (non-hydrogen) atoms. The zero-order chi connectivity index (χ0) is 20.5. The van der Waals surface area contributed by atoms with Crippen LogP contribution in [0.5, 0.6) is 5.75 Å². The van der Waals surface area contributed by atoms with Gasteiger partial charge in [-0.15, -0.1) is 0 Å². The number of nitrogens with zero attached hydrogens (tertiary/aromatic N) is 2. The number of likely N-dealkylation sites (N-methyl/N-ethyl adjacent to an activating group) is 1. The lowest BCUT2D eigenvalue weighted by atomic mass is 10.1. The van der Waals surface area contributed by atoms with Crippen molar-refractivity contribution < 1.29 is 14.3 Å². The molecule has 0 saturated carbocycles. The monoisotopic (exact) mass is 396 g/mol. The summed E-state index contributed by atoms with van der Waals surface area (Å²) in [5.74, 6) is 1.54. The van der Waals surface area contributed by atoms with Crippen LogP contribution in [-0.4, -0.2) is 62.7 Å². The van der Waals surface area contributed by atoms with Crippen LogP contribution in [0.3, 0.4) is 0 Å². The molecule has 0 spiro atoms. The number of hydrogen-bond donors (Lipinski definition) is 0. The van der Waals surface area contributed by atoms with E-state index >= 15 is 0 Å². The Kier molecular flexibility index (Phi) is 8.08. The summed E-state index contributed by atoms with van der Waals surface area (Å²) in [5.41, 5.74) is 2.38. The number of rotatable bonds is 10. The van der Waals surface area contributed by atoms with Crippen LogP contribution in [0.4, 0.5) is 0 Å². The molecule has 5 nitrogen and oxygen atoms in total. The first kappa shape index (κ1) is 21.3. The summed E-state index contributed by atoms with van der Waals surface area (Å²) in [6.07, 6.45) is 1.96. The molecule has 0 N–H and O–H groups in total.